The van der Waals surface area contributed by atoms with E-state index in [1.807, 2.05) is 0 Å². The summed E-state index contributed by atoms with van der Waals surface area (Å²) in [5.41, 5.74) is 5.74. The molecule has 0 aromatic heterocycles. The van der Waals surface area contributed by atoms with Gasteiger partial charge in [-0.2, -0.15) is 0 Å². The fourth-order valence-electron chi connectivity index (χ4n) is 2.03. The zero-order valence-corrected chi connectivity index (χ0v) is 11.0. The normalized spacial score (nSPS) is 16.4. The fraction of sp³-hybridized carbons (Fsp3) is 0.308. The lowest BCUT2D eigenvalue weighted by atomic mass is 10.1. The van der Waals surface area contributed by atoms with Gasteiger partial charge in [0.1, 0.15) is 10.8 Å². The lowest BCUT2D eigenvalue weighted by Gasteiger charge is -2.19. The van der Waals surface area contributed by atoms with Gasteiger partial charge >= 0.3 is 0 Å². The van der Waals surface area contributed by atoms with Crippen LogP contribution in [0.3, 0.4) is 0 Å². The summed E-state index contributed by atoms with van der Waals surface area (Å²) in [5.74, 6) is -1.41. The highest BCUT2D eigenvalue weighted by molar-refractivity contribution is 7.80. The summed E-state index contributed by atoms with van der Waals surface area (Å²) in [5, 5.41) is 0. The SMILES string of the molecule is NC(=S)c1ccc(N2C(=O)CCCCC2=O)c(F)c1. The molecule has 0 bridgehead atoms. The summed E-state index contributed by atoms with van der Waals surface area (Å²) >= 11 is 4.75. The van der Waals surface area contributed by atoms with Crippen molar-refractivity contribution in [1.82, 2.24) is 0 Å². The highest BCUT2D eigenvalue weighted by Gasteiger charge is 2.27. The third-order valence-electron chi connectivity index (χ3n) is 3.00. The summed E-state index contributed by atoms with van der Waals surface area (Å²) in [6.07, 6.45) is 1.80. The van der Waals surface area contributed by atoms with Gasteiger partial charge in [-0.05, 0) is 31.0 Å². The first-order chi connectivity index (χ1) is 9.00. The smallest absolute Gasteiger partial charge is 0.233 e. The maximum absolute atomic E-state index is 14.0. The second kappa shape index (κ2) is 5.44. The molecule has 0 saturated carbocycles. The zero-order chi connectivity index (χ0) is 14.0. The van der Waals surface area contributed by atoms with Gasteiger partial charge in [0.05, 0.1) is 5.69 Å². The standard InChI is InChI=1S/C13H13FN2O2S/c14-9-7-8(13(15)19)5-6-10(9)16-11(17)3-1-2-4-12(16)18/h5-7H,1-4H2,(H2,15,19). The van der Waals surface area contributed by atoms with Crippen LogP contribution in [0.4, 0.5) is 10.1 Å². The number of carbonyl (C=O) groups excluding carboxylic acids is 2. The minimum atomic E-state index is -0.672. The summed E-state index contributed by atoms with van der Waals surface area (Å²) in [6, 6.07) is 4.01. The average Bonchev–Trinajstić information content (AvgIpc) is 2.51. The highest BCUT2D eigenvalue weighted by Crippen LogP contribution is 2.25. The van der Waals surface area contributed by atoms with Gasteiger partial charge in [0.25, 0.3) is 0 Å². The van der Waals surface area contributed by atoms with Gasteiger partial charge in [0.2, 0.25) is 11.8 Å². The number of carbonyl (C=O) groups is 2. The first-order valence-electron chi connectivity index (χ1n) is 5.96. The number of hydrogen-bond acceptors (Lipinski definition) is 3. The Labute approximate surface area is 115 Å². The predicted molar refractivity (Wildman–Crippen MR) is 73.2 cm³/mol. The Balaban J connectivity index is 2.42. The third-order valence-corrected chi connectivity index (χ3v) is 3.24. The van der Waals surface area contributed by atoms with Gasteiger partial charge in [-0.1, -0.05) is 12.2 Å². The summed E-state index contributed by atoms with van der Waals surface area (Å²) < 4.78 is 14.0. The Bertz CT molecular complexity index is 542. The van der Waals surface area contributed by atoms with Crippen molar-refractivity contribution in [3.8, 4) is 0 Å². The molecule has 1 fully saturated rings. The molecule has 0 spiro atoms. The quantitative estimate of drug-likeness (QED) is 0.664. The van der Waals surface area contributed by atoms with Gasteiger partial charge in [-0.3, -0.25) is 9.59 Å². The molecule has 0 unspecified atom stereocenters. The number of halogens is 1. The van der Waals surface area contributed by atoms with Crippen molar-refractivity contribution in [2.45, 2.75) is 25.7 Å². The van der Waals surface area contributed by atoms with Gasteiger partial charge in [-0.15, -0.1) is 0 Å². The van der Waals surface area contributed by atoms with Crippen molar-refractivity contribution < 1.29 is 14.0 Å². The Kier molecular flexibility index (Phi) is 3.90. The molecule has 2 rings (SSSR count). The average molecular weight is 280 g/mol. The van der Waals surface area contributed by atoms with E-state index in [0.717, 1.165) is 11.0 Å². The van der Waals surface area contributed by atoms with Crippen molar-refractivity contribution in [3.63, 3.8) is 0 Å². The molecule has 2 amide bonds. The van der Waals surface area contributed by atoms with Gasteiger partial charge < -0.3 is 5.73 Å². The van der Waals surface area contributed by atoms with E-state index in [4.69, 9.17) is 18.0 Å². The fourth-order valence-corrected chi connectivity index (χ4v) is 2.15. The third kappa shape index (κ3) is 2.78. The molecule has 1 saturated heterocycles. The molecule has 1 aromatic carbocycles. The van der Waals surface area contributed by atoms with Gasteiger partial charge in [0, 0.05) is 18.4 Å². The molecule has 4 nitrogen and oxygen atoms in total. The predicted octanol–water partition coefficient (Wildman–Crippen LogP) is 1.89. The van der Waals surface area contributed by atoms with E-state index in [9.17, 15) is 14.0 Å². The molecule has 0 aliphatic carbocycles. The van der Waals surface area contributed by atoms with Crippen molar-refractivity contribution in [1.29, 1.82) is 0 Å². The van der Waals surface area contributed by atoms with Crippen LogP contribution >= 0.6 is 12.2 Å². The van der Waals surface area contributed by atoms with Crippen LogP contribution in [0.1, 0.15) is 31.2 Å². The summed E-state index contributed by atoms with van der Waals surface area (Å²) in [7, 11) is 0. The molecule has 0 atom stereocenters. The van der Waals surface area contributed by atoms with E-state index >= 15 is 0 Å². The van der Waals surface area contributed by atoms with Crippen molar-refractivity contribution >= 4 is 34.7 Å². The minimum Gasteiger partial charge on any atom is -0.389 e. The van der Waals surface area contributed by atoms with E-state index < -0.39 is 5.82 Å². The van der Waals surface area contributed by atoms with Crippen LogP contribution in [0.5, 0.6) is 0 Å². The Morgan fingerprint density at radius 2 is 1.79 bits per heavy atom. The molecule has 0 radical (unpaired) electrons. The molecule has 1 aliphatic heterocycles. The molecule has 6 heteroatoms. The van der Waals surface area contributed by atoms with Crippen LogP contribution in [0.15, 0.2) is 18.2 Å². The van der Waals surface area contributed by atoms with Crippen LogP contribution in [0, 0.1) is 5.82 Å². The Morgan fingerprint density at radius 3 is 2.26 bits per heavy atom. The molecular weight excluding hydrogens is 267 g/mol. The second-order valence-corrected chi connectivity index (χ2v) is 4.80. The number of rotatable bonds is 2. The number of thiocarbonyl (C=S) groups is 1. The molecule has 1 heterocycles. The lowest BCUT2D eigenvalue weighted by molar-refractivity contribution is -0.125. The minimum absolute atomic E-state index is 0.0306. The highest BCUT2D eigenvalue weighted by atomic mass is 32.1. The number of nitrogens with zero attached hydrogens (tertiary/aromatic N) is 1. The monoisotopic (exact) mass is 280 g/mol. The maximum atomic E-state index is 14.0. The summed E-state index contributed by atoms with van der Waals surface area (Å²) in [4.78, 5) is 24.8. The molecule has 100 valence electrons. The lowest BCUT2D eigenvalue weighted by Crippen LogP contribution is -2.35. The largest absolute Gasteiger partial charge is 0.389 e. The Hall–Kier alpha value is -1.82. The molecule has 19 heavy (non-hydrogen) atoms. The first kappa shape index (κ1) is 13.6. The number of benzene rings is 1. The van der Waals surface area contributed by atoms with E-state index in [2.05, 4.69) is 0 Å². The van der Waals surface area contributed by atoms with E-state index in [-0.39, 0.29) is 35.3 Å². The second-order valence-electron chi connectivity index (χ2n) is 4.36. The molecule has 1 aliphatic rings. The van der Waals surface area contributed by atoms with Gasteiger partial charge in [0.15, 0.2) is 0 Å². The summed E-state index contributed by atoms with van der Waals surface area (Å²) in [6.45, 7) is 0. The van der Waals surface area contributed by atoms with Crippen molar-refractivity contribution in [2.75, 3.05) is 4.90 Å². The van der Waals surface area contributed by atoms with E-state index in [1.54, 1.807) is 0 Å². The number of hydrogen-bond donors (Lipinski definition) is 1. The van der Waals surface area contributed by atoms with Crippen LogP contribution in [-0.2, 0) is 9.59 Å². The van der Waals surface area contributed by atoms with Gasteiger partial charge in [-0.25, -0.2) is 9.29 Å². The maximum Gasteiger partial charge on any atom is 0.233 e. The van der Waals surface area contributed by atoms with Crippen LogP contribution in [0.2, 0.25) is 0 Å². The number of nitrogens with two attached hydrogens (primary N) is 1. The first-order valence-corrected chi connectivity index (χ1v) is 6.36. The van der Waals surface area contributed by atoms with Crippen LogP contribution < -0.4 is 10.6 Å². The molecule has 1 aromatic rings. The topological polar surface area (TPSA) is 63.4 Å². The number of amides is 2. The number of anilines is 1. The van der Waals surface area contributed by atoms with E-state index in [0.29, 0.717) is 18.4 Å². The zero-order valence-electron chi connectivity index (χ0n) is 10.2. The number of imide groups is 1. The van der Waals surface area contributed by atoms with Crippen LogP contribution in [-0.4, -0.2) is 16.8 Å². The van der Waals surface area contributed by atoms with Crippen molar-refractivity contribution in [3.05, 3.63) is 29.6 Å². The van der Waals surface area contributed by atoms with Crippen molar-refractivity contribution in [2.24, 2.45) is 5.73 Å². The van der Waals surface area contributed by atoms with Crippen LogP contribution in [0.25, 0.3) is 0 Å². The molecular formula is C13H13FN2O2S. The molecule has 2 N–H and O–H groups in total. The van der Waals surface area contributed by atoms with E-state index in [1.165, 1.54) is 12.1 Å². The Morgan fingerprint density at radius 1 is 1.21 bits per heavy atom.